The van der Waals surface area contributed by atoms with Gasteiger partial charge in [-0.3, -0.25) is 24.0 Å². The van der Waals surface area contributed by atoms with Crippen LogP contribution in [0.5, 0.6) is 40.2 Å². The van der Waals surface area contributed by atoms with Gasteiger partial charge in [0.05, 0.1) is 101 Å². The van der Waals surface area contributed by atoms with Gasteiger partial charge in [0.25, 0.3) is 29.5 Å². The summed E-state index contributed by atoms with van der Waals surface area (Å²) in [6.45, 7) is 3.58. The van der Waals surface area contributed by atoms with Crippen LogP contribution in [-0.2, 0) is 32.7 Å². The average molecular weight is 1550 g/mol. The summed E-state index contributed by atoms with van der Waals surface area (Å²) < 4.78 is 38.6. The van der Waals surface area contributed by atoms with Gasteiger partial charge in [-0.05, 0) is 80.8 Å². The number of anilines is 10. The van der Waals surface area contributed by atoms with Crippen molar-refractivity contribution in [1.29, 1.82) is 0 Å². The van der Waals surface area contributed by atoms with Crippen molar-refractivity contribution in [2.75, 3.05) is 103 Å². The van der Waals surface area contributed by atoms with Crippen molar-refractivity contribution in [3.05, 3.63) is 185 Å². The fourth-order valence-electron chi connectivity index (χ4n) is 12.9. The van der Waals surface area contributed by atoms with Crippen LogP contribution < -0.4 is 86.3 Å². The number of nitrogens with one attached hydrogen (secondary N) is 13. The number of ether oxygens (including phenoxy) is 7. The van der Waals surface area contributed by atoms with Gasteiger partial charge in [0, 0.05) is 101 Å². The Morgan fingerprint density at radius 2 is 0.719 bits per heavy atom. The number of aromatic nitrogens is 15. The SMILES string of the molecule is COc1c(Nc2ncnc3[nH]ccc23)ccc2c1CNC2=O.COc1c(Nc2ncnc3nc[nH]c23)ccc2c1CNC2=O.COc1c(Nc2ncnc3nc[nH]c23)ccc2c1CNC2=O.COc1c(Nc2ncncc2OCCN(C)C)ccc2c1CNC2=O.COc1c(Nc2ncncc2OCCO)ccc2c1CNC2=O. The zero-order valence-corrected chi connectivity index (χ0v) is 62.1. The molecule has 5 aliphatic rings. The van der Waals surface area contributed by atoms with Gasteiger partial charge in [-0.1, -0.05) is 0 Å². The topological polar surface area (TPSA) is 496 Å². The molecular weight excluding hydrogens is 1470 g/mol. The largest absolute Gasteiger partial charge is 0.494 e. The number of aliphatic hydroxyl groups excluding tert-OH is 1. The zero-order chi connectivity index (χ0) is 79.4. The van der Waals surface area contributed by atoms with E-state index >= 15 is 0 Å². The van der Waals surface area contributed by atoms with Gasteiger partial charge < -0.3 is 111 Å². The van der Waals surface area contributed by atoms with Crippen LogP contribution in [0.1, 0.15) is 79.6 Å². The molecule has 39 heteroatoms. The molecule has 0 bridgehead atoms. The summed E-state index contributed by atoms with van der Waals surface area (Å²) in [6, 6.07) is 19.7. The molecule has 5 aliphatic heterocycles. The molecule has 5 aromatic carbocycles. The summed E-state index contributed by atoms with van der Waals surface area (Å²) in [7, 11) is 11.8. The van der Waals surface area contributed by atoms with E-state index < -0.39 is 0 Å². The van der Waals surface area contributed by atoms with Crippen molar-refractivity contribution >= 4 is 120 Å². The van der Waals surface area contributed by atoms with Crippen LogP contribution in [0.2, 0.25) is 0 Å². The van der Waals surface area contributed by atoms with Crippen LogP contribution in [0.25, 0.3) is 33.4 Å². The lowest BCUT2D eigenvalue weighted by Crippen LogP contribution is -2.19. The van der Waals surface area contributed by atoms with Crippen LogP contribution >= 0.6 is 0 Å². The standard InChI is InChI=1S/C17H21N5O3.C15H13N5O2.C15H16N4O4.2C14H12N6O2/c1-22(2)6-7-25-14-9-18-10-20-16(14)21-13-5-4-11-12(15(13)24-3)8-19-17(11)23;1-22-12-10-6-17-15(21)8(10)2-3-11(12)20-14-9-4-5-16-13(9)18-7-19-14;1-22-13-10-6-17-15(21)9(10)2-3-11(13)19-14-12(23-5-4-20)7-16-8-18-14;2*1-22-11-8-4-15-14(21)7(8)2-3-9(11)20-13-10-12(17-5-16-10)18-6-19-13/h4-5,9-10H,6-8H2,1-3H3,(H,19,23)(H,18,20,21);2-5,7H,6H2,1H3,(H,17,21)(H2,16,18,19,20);2-3,7-8,20H,4-6H2,1H3,(H,17,21)(H,16,18,19);2*2-3,5-6H,4H2,1H3,(H,15,21)(H2,16,17,18,19,20). The second-order valence-corrected chi connectivity index (χ2v) is 25.2. The summed E-state index contributed by atoms with van der Waals surface area (Å²) in [5, 5.41) is 39.7. The maximum absolute atomic E-state index is 11.8. The van der Waals surface area contributed by atoms with Crippen LogP contribution in [0.15, 0.2) is 130 Å². The van der Waals surface area contributed by atoms with E-state index in [-0.39, 0.29) is 42.7 Å². The van der Waals surface area contributed by atoms with Gasteiger partial charge in [-0.15, -0.1) is 0 Å². The Morgan fingerprint density at radius 1 is 0.386 bits per heavy atom. The Bertz CT molecular complexity index is 5450. The highest BCUT2D eigenvalue weighted by molar-refractivity contribution is 6.04. The Hall–Kier alpha value is -15.2. The van der Waals surface area contributed by atoms with Gasteiger partial charge in [0.15, 0.2) is 46.1 Å². The Labute approximate surface area is 647 Å². The van der Waals surface area contributed by atoms with E-state index in [1.54, 1.807) is 109 Å². The van der Waals surface area contributed by atoms with E-state index in [2.05, 4.69) is 128 Å². The lowest BCUT2D eigenvalue weighted by atomic mass is 10.1. The molecule has 582 valence electrons. The monoisotopic (exact) mass is 1550 g/mol. The van der Waals surface area contributed by atoms with Crippen molar-refractivity contribution in [3.8, 4) is 40.2 Å². The first-order chi connectivity index (χ1) is 55.7. The summed E-state index contributed by atoms with van der Waals surface area (Å²) in [6.07, 6.45) is 15.3. The third-order valence-electron chi connectivity index (χ3n) is 18.2. The molecule has 8 aromatic heterocycles. The molecule has 0 atom stereocenters. The number of rotatable bonds is 22. The smallest absolute Gasteiger partial charge is 0.252 e. The molecule has 0 aliphatic carbocycles. The zero-order valence-electron chi connectivity index (χ0n) is 62.1. The number of amides is 5. The maximum Gasteiger partial charge on any atom is 0.252 e. The van der Waals surface area contributed by atoms with Gasteiger partial charge in [0.2, 0.25) is 0 Å². The first kappa shape index (κ1) is 75.7. The number of aliphatic hydroxyl groups is 1. The first-order valence-corrected chi connectivity index (χ1v) is 35.1. The molecule has 5 amide bonds. The van der Waals surface area contributed by atoms with Crippen LogP contribution in [0.3, 0.4) is 0 Å². The highest BCUT2D eigenvalue weighted by atomic mass is 16.5. The highest BCUT2D eigenvalue weighted by Gasteiger charge is 2.31. The van der Waals surface area contributed by atoms with E-state index in [9.17, 15) is 24.0 Å². The van der Waals surface area contributed by atoms with E-state index in [0.29, 0.717) is 170 Å². The van der Waals surface area contributed by atoms with Gasteiger partial charge in [-0.25, -0.2) is 59.8 Å². The normalized spacial score (nSPS) is 12.9. The predicted molar refractivity (Wildman–Crippen MR) is 415 cm³/mol. The lowest BCUT2D eigenvalue weighted by Gasteiger charge is -2.16. The van der Waals surface area contributed by atoms with Crippen molar-refractivity contribution in [3.63, 3.8) is 0 Å². The molecule has 114 heavy (non-hydrogen) atoms. The minimum atomic E-state index is -0.112. The third-order valence-corrected chi connectivity index (χ3v) is 18.2. The Morgan fingerprint density at radius 3 is 1.08 bits per heavy atom. The van der Waals surface area contributed by atoms with Crippen LogP contribution in [0.4, 0.5) is 57.5 Å². The molecule has 39 nitrogen and oxygen atoms in total. The minimum Gasteiger partial charge on any atom is -0.494 e. The minimum absolute atomic E-state index is 0.0742. The number of nitrogens with zero attached hydrogens (tertiary/aromatic N) is 13. The summed E-state index contributed by atoms with van der Waals surface area (Å²) in [5.41, 5.74) is 14.3. The fourth-order valence-corrected chi connectivity index (χ4v) is 12.9. The van der Waals surface area contributed by atoms with E-state index in [1.165, 1.54) is 37.8 Å². The Balaban J connectivity index is 0.000000118. The molecule has 18 rings (SSSR count). The number of hydrogen-bond acceptors (Lipinski definition) is 31. The number of hydrogen-bond donors (Lipinski definition) is 14. The number of imidazole rings is 2. The molecule has 0 radical (unpaired) electrons. The number of carbonyl (C=O) groups excluding carboxylic acids is 5. The number of aromatic amines is 3. The van der Waals surface area contributed by atoms with Crippen molar-refractivity contribution in [2.45, 2.75) is 32.7 Å². The van der Waals surface area contributed by atoms with E-state index in [4.69, 9.17) is 38.3 Å². The molecule has 13 aromatic rings. The number of methoxy groups -OCH3 is 5. The second kappa shape index (κ2) is 34.2. The highest BCUT2D eigenvalue weighted by Crippen LogP contribution is 2.42. The number of likely N-dealkylation sites (N-methyl/N-ethyl adjacent to an activating group) is 1. The molecule has 0 saturated carbocycles. The van der Waals surface area contributed by atoms with E-state index in [1.807, 2.05) is 37.3 Å². The van der Waals surface area contributed by atoms with Crippen molar-refractivity contribution in [2.24, 2.45) is 0 Å². The van der Waals surface area contributed by atoms with Gasteiger partial charge >= 0.3 is 0 Å². The summed E-state index contributed by atoms with van der Waals surface area (Å²) in [5.74, 6) is 6.49. The van der Waals surface area contributed by atoms with Gasteiger partial charge in [-0.2, -0.15) is 0 Å². The molecule has 0 spiro atoms. The lowest BCUT2D eigenvalue weighted by molar-refractivity contribution is 0.0957. The first-order valence-electron chi connectivity index (χ1n) is 35.1. The quantitative estimate of drug-likeness (QED) is 0.0328. The molecule has 0 unspecified atom stereocenters. The fraction of sp³-hybridized carbons (Fsp3) is 0.213. The summed E-state index contributed by atoms with van der Waals surface area (Å²) in [4.78, 5) is 119. The summed E-state index contributed by atoms with van der Waals surface area (Å²) >= 11 is 0. The Kier molecular flexibility index (Phi) is 22.7. The van der Waals surface area contributed by atoms with E-state index in [0.717, 1.165) is 62.5 Å². The van der Waals surface area contributed by atoms with Crippen molar-refractivity contribution in [1.82, 2.24) is 106 Å². The van der Waals surface area contributed by atoms with Crippen LogP contribution in [-0.4, -0.2) is 190 Å². The third kappa shape index (κ3) is 15.9. The number of benzene rings is 5. The van der Waals surface area contributed by atoms with Gasteiger partial charge in [0.1, 0.15) is 96.1 Å². The number of fused-ring (bicyclic) bond motifs is 8. The second-order valence-electron chi connectivity index (χ2n) is 25.2. The number of carbonyl (C=O) groups is 5. The average Bonchev–Trinajstić information content (AvgIpc) is 1.60. The molecular formula is C75H74N26O13. The molecule has 13 heterocycles. The molecule has 14 N–H and O–H groups in total. The molecule has 0 fully saturated rings. The molecule has 0 saturated heterocycles. The number of H-pyrrole nitrogens is 3. The maximum atomic E-state index is 11.8. The van der Waals surface area contributed by atoms with Crippen molar-refractivity contribution < 1.29 is 62.2 Å². The van der Waals surface area contributed by atoms with Crippen LogP contribution in [0, 0.1) is 0 Å². The predicted octanol–water partition coefficient (Wildman–Crippen LogP) is 6.91.